The number of aliphatic imine (C=N–C) groups is 1. The van der Waals surface area contributed by atoms with Gasteiger partial charge in [-0.1, -0.05) is 30.3 Å². The van der Waals surface area contributed by atoms with E-state index < -0.39 is 0 Å². The first kappa shape index (κ1) is 14.0. The van der Waals surface area contributed by atoms with Crippen LogP contribution < -0.4 is 11.5 Å². The van der Waals surface area contributed by atoms with E-state index in [-0.39, 0.29) is 12.1 Å². The van der Waals surface area contributed by atoms with Crippen LogP contribution in [0.5, 0.6) is 0 Å². The second-order valence-electron chi connectivity index (χ2n) is 3.93. The maximum absolute atomic E-state index is 10.5. The Balaban J connectivity index is 2.39. The number of benzene rings is 1. The van der Waals surface area contributed by atoms with Crippen molar-refractivity contribution in [2.75, 3.05) is 6.54 Å². The third-order valence-corrected chi connectivity index (χ3v) is 2.56. The van der Waals surface area contributed by atoms with Crippen LogP contribution in [-0.4, -0.2) is 19.0 Å². The lowest BCUT2D eigenvalue weighted by atomic mass is 10.0. The fourth-order valence-corrected chi connectivity index (χ4v) is 1.70. The number of guanidine groups is 1. The van der Waals surface area contributed by atoms with Crippen LogP contribution in [0.25, 0.3) is 0 Å². The van der Waals surface area contributed by atoms with E-state index in [1.54, 1.807) is 0 Å². The number of carbonyl (C=O) groups excluding carboxylic acids is 1. The number of hydrogen-bond acceptors (Lipinski definition) is 3. The highest BCUT2D eigenvalue weighted by Gasteiger charge is 2.11. The maximum Gasteiger partial charge on any atom is 0.293 e. The highest BCUT2D eigenvalue weighted by atomic mass is 16.5. The van der Waals surface area contributed by atoms with Gasteiger partial charge < -0.3 is 16.2 Å². The van der Waals surface area contributed by atoms with Crippen molar-refractivity contribution in [3.05, 3.63) is 35.9 Å². The third kappa shape index (κ3) is 5.34. The molecule has 0 bridgehead atoms. The Bertz CT molecular complexity index is 375. The van der Waals surface area contributed by atoms with E-state index in [1.165, 1.54) is 0 Å². The van der Waals surface area contributed by atoms with Crippen LogP contribution in [0.2, 0.25) is 0 Å². The average Bonchev–Trinajstić information content (AvgIpc) is 2.38. The number of ether oxygens (including phenoxy) is 1. The molecule has 0 aromatic heterocycles. The Kier molecular flexibility index (Phi) is 6.32. The fourth-order valence-electron chi connectivity index (χ4n) is 1.70. The summed E-state index contributed by atoms with van der Waals surface area (Å²) in [6.45, 7) is 1.10. The monoisotopic (exact) mass is 249 g/mol. The Morgan fingerprint density at radius 1 is 1.28 bits per heavy atom. The van der Waals surface area contributed by atoms with Crippen LogP contribution in [0.1, 0.15) is 30.9 Å². The van der Waals surface area contributed by atoms with Crippen LogP contribution in [0.3, 0.4) is 0 Å². The fraction of sp³-hybridized carbons (Fsp3) is 0.385. The smallest absolute Gasteiger partial charge is 0.293 e. The van der Waals surface area contributed by atoms with Gasteiger partial charge in [-0.2, -0.15) is 0 Å². The van der Waals surface area contributed by atoms with Gasteiger partial charge in [0.2, 0.25) is 0 Å². The number of nitrogens with zero attached hydrogens (tertiary/aromatic N) is 1. The third-order valence-electron chi connectivity index (χ3n) is 2.56. The first-order valence-corrected chi connectivity index (χ1v) is 5.93. The second-order valence-corrected chi connectivity index (χ2v) is 3.93. The number of nitrogens with two attached hydrogens (primary N) is 2. The van der Waals surface area contributed by atoms with Crippen molar-refractivity contribution in [2.45, 2.75) is 25.4 Å². The van der Waals surface area contributed by atoms with Crippen molar-refractivity contribution < 1.29 is 9.53 Å². The van der Waals surface area contributed by atoms with Gasteiger partial charge in [0.1, 0.15) is 6.10 Å². The SMILES string of the molecule is NC(N)=NCCCCC(OC=O)c1ccccc1. The summed E-state index contributed by atoms with van der Waals surface area (Å²) in [7, 11) is 0. The van der Waals surface area contributed by atoms with Crippen molar-refractivity contribution in [1.82, 2.24) is 0 Å². The number of rotatable bonds is 8. The minimum absolute atomic E-state index is 0.110. The minimum atomic E-state index is -0.192. The van der Waals surface area contributed by atoms with E-state index in [0.29, 0.717) is 13.0 Å². The molecule has 0 radical (unpaired) electrons. The zero-order valence-electron chi connectivity index (χ0n) is 10.3. The van der Waals surface area contributed by atoms with Gasteiger partial charge in [0.25, 0.3) is 6.47 Å². The van der Waals surface area contributed by atoms with Gasteiger partial charge in [-0.05, 0) is 24.8 Å². The van der Waals surface area contributed by atoms with Gasteiger partial charge in [-0.15, -0.1) is 0 Å². The molecular weight excluding hydrogens is 230 g/mol. The van der Waals surface area contributed by atoms with Crippen molar-refractivity contribution >= 4 is 12.4 Å². The molecule has 0 saturated heterocycles. The first-order chi connectivity index (χ1) is 8.74. The van der Waals surface area contributed by atoms with E-state index in [1.807, 2.05) is 30.3 Å². The quantitative estimate of drug-likeness (QED) is 0.315. The number of hydrogen-bond donors (Lipinski definition) is 2. The van der Waals surface area contributed by atoms with Gasteiger partial charge in [-0.3, -0.25) is 9.79 Å². The van der Waals surface area contributed by atoms with Crippen molar-refractivity contribution in [1.29, 1.82) is 0 Å². The molecule has 1 rings (SSSR count). The molecule has 1 unspecified atom stereocenters. The zero-order chi connectivity index (χ0) is 13.2. The molecule has 5 heteroatoms. The first-order valence-electron chi connectivity index (χ1n) is 5.93. The number of carbonyl (C=O) groups is 1. The Morgan fingerprint density at radius 3 is 2.61 bits per heavy atom. The summed E-state index contributed by atoms with van der Waals surface area (Å²) < 4.78 is 5.09. The summed E-state index contributed by atoms with van der Waals surface area (Å²) in [5.74, 6) is 0.110. The lowest BCUT2D eigenvalue weighted by molar-refractivity contribution is -0.134. The molecule has 1 aromatic carbocycles. The molecule has 18 heavy (non-hydrogen) atoms. The molecule has 0 heterocycles. The van der Waals surface area contributed by atoms with Crippen LogP contribution in [0.15, 0.2) is 35.3 Å². The molecule has 4 N–H and O–H groups in total. The predicted octanol–water partition coefficient (Wildman–Crippen LogP) is 1.34. The van der Waals surface area contributed by atoms with Gasteiger partial charge in [0.15, 0.2) is 5.96 Å². The number of unbranched alkanes of at least 4 members (excludes halogenated alkanes) is 1. The lowest BCUT2D eigenvalue weighted by Gasteiger charge is -2.15. The van der Waals surface area contributed by atoms with Crippen LogP contribution in [-0.2, 0) is 9.53 Å². The van der Waals surface area contributed by atoms with Gasteiger partial charge in [-0.25, -0.2) is 0 Å². The van der Waals surface area contributed by atoms with Crippen molar-refractivity contribution in [3.63, 3.8) is 0 Å². The van der Waals surface area contributed by atoms with E-state index in [0.717, 1.165) is 24.8 Å². The summed E-state index contributed by atoms with van der Waals surface area (Å²) in [4.78, 5) is 14.4. The molecule has 0 fully saturated rings. The zero-order valence-corrected chi connectivity index (χ0v) is 10.3. The molecule has 0 amide bonds. The Labute approximate surface area is 107 Å². The molecule has 1 atom stereocenters. The highest BCUT2D eigenvalue weighted by molar-refractivity contribution is 5.75. The standard InChI is InChI=1S/C13H19N3O2/c14-13(15)16-9-5-4-8-12(18-10-17)11-6-2-1-3-7-11/h1-3,6-7,10,12H,4-5,8-9H2,(H4,14,15,16). The summed E-state index contributed by atoms with van der Waals surface area (Å²) in [6, 6.07) is 9.68. The van der Waals surface area contributed by atoms with E-state index in [2.05, 4.69) is 4.99 Å². The Morgan fingerprint density at radius 2 is 2.00 bits per heavy atom. The molecule has 5 nitrogen and oxygen atoms in total. The van der Waals surface area contributed by atoms with Gasteiger partial charge >= 0.3 is 0 Å². The van der Waals surface area contributed by atoms with Gasteiger partial charge in [0.05, 0.1) is 0 Å². The maximum atomic E-state index is 10.5. The molecule has 1 aromatic rings. The molecule has 0 aliphatic carbocycles. The van der Waals surface area contributed by atoms with E-state index in [9.17, 15) is 4.79 Å². The van der Waals surface area contributed by atoms with E-state index >= 15 is 0 Å². The Hall–Kier alpha value is -2.04. The summed E-state index contributed by atoms with van der Waals surface area (Å²) >= 11 is 0. The van der Waals surface area contributed by atoms with Crippen molar-refractivity contribution in [3.8, 4) is 0 Å². The van der Waals surface area contributed by atoms with Crippen molar-refractivity contribution in [2.24, 2.45) is 16.5 Å². The molecule has 98 valence electrons. The van der Waals surface area contributed by atoms with E-state index in [4.69, 9.17) is 16.2 Å². The molecular formula is C13H19N3O2. The van der Waals surface area contributed by atoms with Crippen LogP contribution in [0.4, 0.5) is 0 Å². The topological polar surface area (TPSA) is 90.7 Å². The highest BCUT2D eigenvalue weighted by Crippen LogP contribution is 2.22. The largest absolute Gasteiger partial charge is 0.460 e. The molecule has 0 saturated carbocycles. The average molecular weight is 249 g/mol. The molecule has 0 aliphatic rings. The summed E-state index contributed by atoms with van der Waals surface area (Å²) in [5, 5.41) is 0. The second kappa shape index (κ2) is 8.11. The summed E-state index contributed by atoms with van der Waals surface area (Å²) in [5.41, 5.74) is 11.5. The van der Waals surface area contributed by atoms with Crippen LogP contribution >= 0.6 is 0 Å². The predicted molar refractivity (Wildman–Crippen MR) is 70.9 cm³/mol. The lowest BCUT2D eigenvalue weighted by Crippen LogP contribution is -2.22. The normalized spacial score (nSPS) is 11.6. The minimum Gasteiger partial charge on any atom is -0.460 e. The van der Waals surface area contributed by atoms with Gasteiger partial charge in [0, 0.05) is 6.54 Å². The molecule has 0 spiro atoms. The van der Waals surface area contributed by atoms with Crippen LogP contribution in [0, 0.1) is 0 Å². The summed E-state index contributed by atoms with van der Waals surface area (Å²) in [6.07, 6.45) is 2.33. The molecule has 0 aliphatic heterocycles.